The molecule has 328 valence electrons. The first kappa shape index (κ1) is 38.7. The smallest absolute Gasteiger partial charge is 0.226 e. The molecule has 10 heteroatoms. The molecule has 0 N–H and O–H groups in total. The molecule has 0 saturated heterocycles. The summed E-state index contributed by atoms with van der Waals surface area (Å²) in [6.07, 6.45) is 0. The van der Waals surface area contributed by atoms with Gasteiger partial charge in [0.1, 0.15) is 17.1 Å². The number of rotatable bonds is 7. The van der Waals surface area contributed by atoms with Crippen LogP contribution in [0.4, 0.5) is 0 Å². The van der Waals surface area contributed by atoms with E-state index in [1.165, 1.54) is 21.8 Å². The summed E-state index contributed by atoms with van der Waals surface area (Å²) in [5, 5.41) is 5.94. The van der Waals surface area contributed by atoms with Gasteiger partial charge >= 0.3 is 0 Å². The van der Waals surface area contributed by atoms with E-state index in [0.29, 0.717) is 11.6 Å². The van der Waals surface area contributed by atoms with Crippen molar-refractivity contribution in [3.63, 3.8) is 0 Å². The van der Waals surface area contributed by atoms with Gasteiger partial charge in [0.25, 0.3) is 0 Å². The molecule has 0 unspecified atom stereocenters. The Balaban J connectivity index is 1.08. The fourth-order valence-corrected chi connectivity index (χ4v) is 15.7. The monoisotopic (exact) mass is 913 g/mol. The molecule has 15 aromatic rings. The fourth-order valence-electron chi connectivity index (χ4n) is 11.3. The fraction of sp³-hybridized carbons (Fsp3) is 0. The predicted octanol–water partition coefficient (Wildman–Crippen LogP) is 10.4. The molecule has 0 bridgehead atoms. The minimum absolute atomic E-state index is 0.708. The Kier molecular flexibility index (Phi) is 8.19. The van der Waals surface area contributed by atoms with Crippen LogP contribution in [0.1, 0.15) is 0 Å². The van der Waals surface area contributed by atoms with Crippen molar-refractivity contribution >= 4 is 107 Å². The van der Waals surface area contributed by atoms with Crippen molar-refractivity contribution in [1.29, 1.82) is 0 Å². The van der Waals surface area contributed by atoms with Crippen molar-refractivity contribution < 1.29 is 0 Å². The molecule has 70 heavy (non-hydrogen) atoms. The third-order valence-corrected chi connectivity index (χ3v) is 18.8. The van der Waals surface area contributed by atoms with Crippen LogP contribution in [0.25, 0.3) is 94.8 Å². The van der Waals surface area contributed by atoms with Gasteiger partial charge in [-0.3, -0.25) is 17.9 Å². The Labute approximate surface area is 401 Å². The quantitative estimate of drug-likeness (QED) is 0.118. The molecular weight excluding hydrogens is 875 g/mol. The first-order valence-corrected chi connectivity index (χ1v) is 25.6. The summed E-state index contributed by atoms with van der Waals surface area (Å²) in [6.45, 7) is 0. The summed E-state index contributed by atoms with van der Waals surface area (Å²) in [4.78, 5) is 22.5. The third-order valence-electron chi connectivity index (χ3n) is 14.3. The molecule has 0 aliphatic rings. The van der Waals surface area contributed by atoms with Crippen LogP contribution in [0.2, 0.25) is 0 Å². The Morgan fingerprint density at radius 2 is 0.657 bits per heavy atom. The maximum Gasteiger partial charge on any atom is 0.226 e. The van der Waals surface area contributed by atoms with Crippen LogP contribution in [0.15, 0.2) is 237 Å². The largest absolute Gasteiger partial charge is 0.309 e. The van der Waals surface area contributed by atoms with Gasteiger partial charge in [0, 0.05) is 22.5 Å². The van der Waals surface area contributed by atoms with Crippen LogP contribution >= 0.6 is 0 Å². The zero-order valence-corrected chi connectivity index (χ0v) is 38.5. The minimum atomic E-state index is -3.45. The van der Waals surface area contributed by atoms with Crippen LogP contribution in [-0.2, 0) is 0 Å². The number of hydrogen-bond acceptors (Lipinski definition) is 4. The normalized spacial score (nSPS) is 12.3. The molecule has 0 aliphatic carbocycles. The summed E-state index contributed by atoms with van der Waals surface area (Å²) >= 11 is 0. The molecule has 0 spiro atoms. The van der Waals surface area contributed by atoms with E-state index < -0.39 is 8.07 Å². The lowest BCUT2D eigenvalue weighted by Crippen LogP contribution is -2.76. The number of aromatic nitrogens is 9. The lowest BCUT2D eigenvalue weighted by atomic mass is 10.2. The molecule has 0 fully saturated rings. The number of fused-ring (bicyclic) bond motifs is 13. The van der Waals surface area contributed by atoms with Crippen molar-refractivity contribution in [2.75, 3.05) is 0 Å². The first-order valence-electron chi connectivity index (χ1n) is 23.6. The van der Waals surface area contributed by atoms with Crippen molar-refractivity contribution in [1.82, 2.24) is 42.4 Å². The van der Waals surface area contributed by atoms with E-state index in [2.05, 4.69) is 247 Å². The van der Waals surface area contributed by atoms with Crippen molar-refractivity contribution in [3.05, 3.63) is 237 Å². The summed E-state index contributed by atoms with van der Waals surface area (Å²) in [7, 11) is -3.45. The lowest BCUT2D eigenvalue weighted by molar-refractivity contribution is 0.982. The second-order valence-corrected chi connectivity index (χ2v) is 21.6. The first-order chi connectivity index (χ1) is 34.7. The average molecular weight is 914 g/mol. The molecule has 9 aromatic carbocycles. The van der Waals surface area contributed by atoms with Gasteiger partial charge in [-0.25, -0.2) is 19.9 Å². The summed E-state index contributed by atoms with van der Waals surface area (Å²) in [5.74, 6) is 2.96. The van der Waals surface area contributed by atoms with Crippen LogP contribution in [-0.4, -0.2) is 50.5 Å². The molecule has 6 heterocycles. The van der Waals surface area contributed by atoms with Gasteiger partial charge in [0.05, 0.1) is 55.2 Å². The van der Waals surface area contributed by atoms with E-state index in [4.69, 9.17) is 19.9 Å². The molecule has 0 saturated carbocycles. The SMILES string of the molecule is c1ccc([Si](c2ccccc2)(c2ccc(-n3c4ccccc4c4ccccc43)cc2)c2nc(-n3c4ccccc4n4c5ccccc5nc34)cc(-n3c4ccccc4n4c5ccccc5nc34)n2)cc1. The zero-order chi connectivity index (χ0) is 45.9. The summed E-state index contributed by atoms with van der Waals surface area (Å²) in [5.41, 5.74) is 12.1. The topological polar surface area (TPSA) is 75.2 Å². The van der Waals surface area contributed by atoms with E-state index in [-0.39, 0.29) is 0 Å². The van der Waals surface area contributed by atoms with E-state index in [1.54, 1.807) is 0 Å². The maximum atomic E-state index is 5.93. The Bertz CT molecular complexity index is 4280. The van der Waals surface area contributed by atoms with Crippen LogP contribution < -0.4 is 21.0 Å². The third kappa shape index (κ3) is 5.36. The van der Waals surface area contributed by atoms with Gasteiger partial charge in [-0.15, -0.1) is 0 Å². The number of benzene rings is 9. The van der Waals surface area contributed by atoms with Crippen LogP contribution in [0, 0.1) is 0 Å². The highest BCUT2D eigenvalue weighted by atomic mass is 28.3. The molecule has 0 atom stereocenters. The Morgan fingerprint density at radius 3 is 1.13 bits per heavy atom. The van der Waals surface area contributed by atoms with Gasteiger partial charge in [0.15, 0.2) is 0 Å². The number of nitrogens with zero attached hydrogens (tertiary/aromatic N) is 9. The molecule has 6 aromatic heterocycles. The highest BCUT2D eigenvalue weighted by Gasteiger charge is 2.45. The second kappa shape index (κ2) is 14.8. The van der Waals surface area contributed by atoms with Crippen molar-refractivity contribution in [2.24, 2.45) is 0 Å². The number of hydrogen-bond donors (Lipinski definition) is 0. The highest BCUT2D eigenvalue weighted by Crippen LogP contribution is 2.34. The molecule has 0 aliphatic heterocycles. The molecule has 0 amide bonds. The van der Waals surface area contributed by atoms with Crippen LogP contribution in [0.5, 0.6) is 0 Å². The molecule has 9 nitrogen and oxygen atoms in total. The minimum Gasteiger partial charge on any atom is -0.309 e. The zero-order valence-electron chi connectivity index (χ0n) is 37.5. The van der Waals surface area contributed by atoms with Gasteiger partial charge in [-0.05, 0) is 88.4 Å². The van der Waals surface area contributed by atoms with Gasteiger partial charge in [0.2, 0.25) is 19.6 Å². The number of imidazole rings is 4. The standard InChI is InChI=1S/C60H39N9Si/c1-3-19-41(20-4-1)70(42-21-5-2-6-22-42,43-37-35-40(36-38-43)65-48-27-11-7-23-44(48)45-24-8-12-28-49(45)65)58-63-56(68-54-33-17-15-31-52(54)66-50-29-13-9-25-46(50)61-59(66)68)39-57(64-58)69-55-34-18-16-32-53(55)67-51-30-14-10-26-47(51)62-60(67)69/h1-39H. The van der Waals surface area contributed by atoms with Crippen molar-refractivity contribution in [2.45, 2.75) is 0 Å². The Morgan fingerprint density at radius 1 is 0.286 bits per heavy atom. The van der Waals surface area contributed by atoms with Gasteiger partial charge in [-0.2, -0.15) is 0 Å². The Hall–Kier alpha value is -9.38. The van der Waals surface area contributed by atoms with E-state index in [1.807, 2.05) is 12.1 Å². The average Bonchev–Trinajstić information content (AvgIpc) is 4.23. The van der Waals surface area contributed by atoms with E-state index >= 15 is 0 Å². The second-order valence-electron chi connectivity index (χ2n) is 17.9. The van der Waals surface area contributed by atoms with Crippen LogP contribution in [0.3, 0.4) is 0 Å². The van der Waals surface area contributed by atoms with Gasteiger partial charge in [-0.1, -0.05) is 158 Å². The highest BCUT2D eigenvalue weighted by molar-refractivity contribution is 7.19. The van der Waals surface area contributed by atoms with Crippen molar-refractivity contribution in [3.8, 4) is 17.3 Å². The predicted molar refractivity (Wildman–Crippen MR) is 286 cm³/mol. The van der Waals surface area contributed by atoms with E-state index in [9.17, 15) is 0 Å². The lowest BCUT2D eigenvalue weighted by Gasteiger charge is -2.32. The molecule has 0 radical (unpaired) electrons. The maximum absolute atomic E-state index is 5.93. The summed E-state index contributed by atoms with van der Waals surface area (Å²) in [6, 6.07) is 84.3. The van der Waals surface area contributed by atoms with E-state index in [0.717, 1.165) is 82.4 Å². The molecule has 15 rings (SSSR count). The number of para-hydroxylation sites is 10. The molecular formula is C60H39N9Si. The van der Waals surface area contributed by atoms with Gasteiger partial charge < -0.3 is 4.57 Å². The summed E-state index contributed by atoms with van der Waals surface area (Å²) < 4.78 is 11.3.